The number of amides is 2. The lowest BCUT2D eigenvalue weighted by Gasteiger charge is -2.11. The Hall–Kier alpha value is -3.39. The van der Waals surface area contributed by atoms with Crippen LogP contribution in [-0.4, -0.2) is 38.0 Å². The van der Waals surface area contributed by atoms with E-state index < -0.39 is 23.8 Å². The van der Waals surface area contributed by atoms with E-state index in [1.54, 1.807) is 24.3 Å². The smallest absolute Gasteiger partial charge is 0.339 e. The topological polar surface area (TPSA) is 111 Å². The van der Waals surface area contributed by atoms with Crippen molar-refractivity contribution in [2.75, 3.05) is 19.5 Å². The molecule has 2 N–H and O–H groups in total. The van der Waals surface area contributed by atoms with Gasteiger partial charge in [0.2, 0.25) is 0 Å². The summed E-state index contributed by atoms with van der Waals surface area (Å²) in [6.45, 7) is 0.107. The first-order valence-corrected chi connectivity index (χ1v) is 8.37. The summed E-state index contributed by atoms with van der Waals surface area (Å²) in [5, 5.41) is 5.31. The molecule has 0 aromatic heterocycles. The molecule has 0 aliphatic carbocycles. The molecular weight excluding hydrogens is 388 g/mol. The molecule has 28 heavy (non-hydrogen) atoms. The molecule has 0 radical (unpaired) electrons. The molecule has 0 atom stereocenters. The Bertz CT molecular complexity index is 911. The molecule has 0 aliphatic heterocycles. The van der Waals surface area contributed by atoms with Crippen LogP contribution in [0.2, 0.25) is 5.02 Å². The highest BCUT2D eigenvalue weighted by molar-refractivity contribution is 6.40. The van der Waals surface area contributed by atoms with E-state index >= 15 is 0 Å². The first-order valence-electron chi connectivity index (χ1n) is 8.00. The van der Waals surface area contributed by atoms with E-state index in [-0.39, 0.29) is 23.4 Å². The lowest BCUT2D eigenvalue weighted by atomic mass is 10.1. The summed E-state index contributed by atoms with van der Waals surface area (Å²) in [4.78, 5) is 47.8. The second-order valence-electron chi connectivity index (χ2n) is 5.51. The quantitative estimate of drug-likeness (QED) is 0.583. The Balaban J connectivity index is 2.13. The van der Waals surface area contributed by atoms with Crippen LogP contribution in [-0.2, 0) is 25.6 Å². The zero-order chi connectivity index (χ0) is 20.7. The third kappa shape index (κ3) is 5.31. The molecule has 0 bridgehead atoms. The van der Waals surface area contributed by atoms with Crippen molar-refractivity contribution in [1.29, 1.82) is 0 Å². The first-order chi connectivity index (χ1) is 13.3. The summed E-state index contributed by atoms with van der Waals surface area (Å²) < 4.78 is 9.25. The number of methoxy groups -OCH3 is 2. The van der Waals surface area contributed by atoms with Crippen molar-refractivity contribution in [3.05, 3.63) is 64.2 Å². The maximum Gasteiger partial charge on any atom is 0.339 e. The molecule has 146 valence electrons. The lowest BCUT2D eigenvalue weighted by Crippen LogP contribution is -2.35. The molecule has 2 aromatic carbocycles. The van der Waals surface area contributed by atoms with Crippen molar-refractivity contribution >= 4 is 41.0 Å². The molecule has 0 unspecified atom stereocenters. The Labute approximate surface area is 165 Å². The van der Waals surface area contributed by atoms with Gasteiger partial charge in [-0.25, -0.2) is 9.59 Å². The number of anilines is 1. The molecule has 2 aromatic rings. The standard InChI is InChI=1S/C19H17ClN2O6/c1-27-18(25)12-5-8-14(19(26)28-2)15(9-12)22-17(24)16(23)21-10-11-3-6-13(20)7-4-11/h3-9H,10H2,1-2H3,(H,21,23)(H,22,24). The number of esters is 2. The van der Waals surface area contributed by atoms with Crippen molar-refractivity contribution < 1.29 is 28.7 Å². The summed E-state index contributed by atoms with van der Waals surface area (Å²) in [5.41, 5.74) is 0.760. The summed E-state index contributed by atoms with van der Waals surface area (Å²) >= 11 is 5.79. The Morgan fingerprint density at radius 3 is 2.14 bits per heavy atom. The van der Waals surface area contributed by atoms with Crippen molar-refractivity contribution in [2.24, 2.45) is 0 Å². The van der Waals surface area contributed by atoms with Crippen molar-refractivity contribution in [1.82, 2.24) is 5.32 Å². The number of hydrogen-bond donors (Lipinski definition) is 2. The number of benzene rings is 2. The molecule has 0 aliphatic rings. The second-order valence-corrected chi connectivity index (χ2v) is 5.94. The van der Waals surface area contributed by atoms with E-state index in [1.165, 1.54) is 32.4 Å². The van der Waals surface area contributed by atoms with Crippen LogP contribution < -0.4 is 10.6 Å². The third-order valence-corrected chi connectivity index (χ3v) is 3.92. The van der Waals surface area contributed by atoms with Gasteiger partial charge in [0, 0.05) is 11.6 Å². The van der Waals surface area contributed by atoms with E-state index in [2.05, 4.69) is 20.1 Å². The minimum absolute atomic E-state index is 0.0194. The molecule has 0 saturated heterocycles. The summed E-state index contributed by atoms with van der Waals surface area (Å²) in [6, 6.07) is 10.6. The van der Waals surface area contributed by atoms with Crippen LogP contribution in [0.3, 0.4) is 0 Å². The number of halogens is 1. The molecule has 0 fully saturated rings. The monoisotopic (exact) mass is 404 g/mol. The summed E-state index contributed by atoms with van der Waals surface area (Å²) in [6.07, 6.45) is 0. The number of carbonyl (C=O) groups is 4. The van der Waals surface area contributed by atoms with Gasteiger partial charge in [-0.2, -0.15) is 0 Å². The number of ether oxygens (including phenoxy) is 2. The fourth-order valence-corrected chi connectivity index (χ4v) is 2.35. The van der Waals surface area contributed by atoms with Crippen LogP contribution >= 0.6 is 11.6 Å². The highest BCUT2D eigenvalue weighted by Gasteiger charge is 2.20. The van der Waals surface area contributed by atoms with E-state index in [1.807, 2.05) is 0 Å². The molecule has 0 spiro atoms. The van der Waals surface area contributed by atoms with E-state index in [9.17, 15) is 19.2 Å². The van der Waals surface area contributed by atoms with Crippen LogP contribution in [0.25, 0.3) is 0 Å². The molecule has 8 nitrogen and oxygen atoms in total. The van der Waals surface area contributed by atoms with E-state index in [0.717, 1.165) is 5.56 Å². The largest absolute Gasteiger partial charge is 0.465 e. The molecule has 9 heteroatoms. The second kappa shape index (κ2) is 9.52. The third-order valence-electron chi connectivity index (χ3n) is 3.67. The van der Waals surface area contributed by atoms with Gasteiger partial charge in [-0.05, 0) is 35.9 Å². The average molecular weight is 405 g/mol. The van der Waals surface area contributed by atoms with Gasteiger partial charge >= 0.3 is 23.8 Å². The highest BCUT2D eigenvalue weighted by Crippen LogP contribution is 2.20. The number of nitrogens with one attached hydrogen (secondary N) is 2. The van der Waals surface area contributed by atoms with Crippen LogP contribution in [0.15, 0.2) is 42.5 Å². The van der Waals surface area contributed by atoms with Crippen LogP contribution in [0.4, 0.5) is 5.69 Å². The highest BCUT2D eigenvalue weighted by atomic mass is 35.5. The minimum Gasteiger partial charge on any atom is -0.465 e. The van der Waals surface area contributed by atoms with Gasteiger partial charge in [-0.15, -0.1) is 0 Å². The van der Waals surface area contributed by atoms with Crippen molar-refractivity contribution in [3.63, 3.8) is 0 Å². The van der Waals surface area contributed by atoms with Crippen molar-refractivity contribution in [3.8, 4) is 0 Å². The molecule has 2 rings (SSSR count). The van der Waals surface area contributed by atoms with Gasteiger partial charge in [0.1, 0.15) is 0 Å². The summed E-state index contributed by atoms with van der Waals surface area (Å²) in [7, 11) is 2.36. The Morgan fingerprint density at radius 2 is 1.54 bits per heavy atom. The predicted molar refractivity (Wildman–Crippen MR) is 101 cm³/mol. The summed E-state index contributed by atoms with van der Waals surface area (Å²) in [5.74, 6) is -3.34. The van der Waals surface area contributed by atoms with Gasteiger partial charge in [-0.3, -0.25) is 9.59 Å². The number of carbonyl (C=O) groups excluding carboxylic acids is 4. The maximum atomic E-state index is 12.2. The van der Waals surface area contributed by atoms with Gasteiger partial charge in [0.15, 0.2) is 0 Å². The predicted octanol–water partition coefficient (Wildman–Crippen LogP) is 2.17. The van der Waals surface area contributed by atoms with Crippen LogP contribution in [0.1, 0.15) is 26.3 Å². The van der Waals surface area contributed by atoms with Gasteiger partial charge < -0.3 is 20.1 Å². The molecule has 0 saturated carbocycles. The Morgan fingerprint density at radius 1 is 0.893 bits per heavy atom. The zero-order valence-corrected chi connectivity index (χ0v) is 15.8. The SMILES string of the molecule is COC(=O)c1ccc(C(=O)OC)c(NC(=O)C(=O)NCc2ccc(Cl)cc2)c1. The first kappa shape index (κ1) is 20.9. The van der Waals surface area contributed by atoms with Gasteiger partial charge in [-0.1, -0.05) is 23.7 Å². The number of hydrogen-bond acceptors (Lipinski definition) is 6. The normalized spacial score (nSPS) is 9.96. The van der Waals surface area contributed by atoms with Crippen LogP contribution in [0.5, 0.6) is 0 Å². The molecular formula is C19H17ClN2O6. The Kier molecular flexibility index (Phi) is 7.11. The van der Waals surface area contributed by atoms with Gasteiger partial charge in [0.25, 0.3) is 0 Å². The lowest BCUT2D eigenvalue weighted by molar-refractivity contribution is -0.136. The fourth-order valence-electron chi connectivity index (χ4n) is 2.22. The molecule has 0 heterocycles. The zero-order valence-electron chi connectivity index (χ0n) is 15.1. The van der Waals surface area contributed by atoms with Crippen molar-refractivity contribution in [2.45, 2.75) is 6.54 Å². The van der Waals surface area contributed by atoms with E-state index in [4.69, 9.17) is 11.6 Å². The van der Waals surface area contributed by atoms with E-state index in [0.29, 0.717) is 5.02 Å². The van der Waals surface area contributed by atoms with Gasteiger partial charge in [0.05, 0.1) is 31.0 Å². The average Bonchev–Trinajstić information content (AvgIpc) is 2.71. The molecule has 2 amide bonds. The minimum atomic E-state index is -1.01. The maximum absolute atomic E-state index is 12.2. The fraction of sp³-hybridized carbons (Fsp3) is 0.158. The number of rotatable bonds is 5. The van der Waals surface area contributed by atoms with Crippen LogP contribution in [0, 0.1) is 0 Å².